The zero-order chi connectivity index (χ0) is 9.56. The summed E-state index contributed by atoms with van der Waals surface area (Å²) in [4.78, 5) is 0. The summed E-state index contributed by atoms with van der Waals surface area (Å²) in [5.74, 6) is 0.238. The lowest BCUT2D eigenvalue weighted by Crippen LogP contribution is -2.44. The third-order valence-corrected chi connectivity index (χ3v) is 2.03. The van der Waals surface area contributed by atoms with Gasteiger partial charge in [0.05, 0.1) is 6.04 Å². The predicted octanol–water partition coefficient (Wildman–Crippen LogP) is 0.900. The van der Waals surface area contributed by atoms with Crippen LogP contribution in [-0.2, 0) is 0 Å². The minimum atomic E-state index is -0.0556. The summed E-state index contributed by atoms with van der Waals surface area (Å²) >= 11 is 0. The van der Waals surface area contributed by atoms with Crippen molar-refractivity contribution in [1.82, 2.24) is 5.32 Å². The van der Waals surface area contributed by atoms with Crippen LogP contribution >= 0.6 is 0 Å². The normalized spacial score (nSPS) is 15.2. The van der Waals surface area contributed by atoms with E-state index in [1.807, 2.05) is 6.92 Å². The maximum atomic E-state index is 8.39. The van der Waals surface area contributed by atoms with Gasteiger partial charge in [0.1, 0.15) is 0 Å². The van der Waals surface area contributed by atoms with Crippen LogP contribution in [0.3, 0.4) is 0 Å². The van der Waals surface area contributed by atoms with Gasteiger partial charge in [0.2, 0.25) is 0 Å². The number of hydrogen-bond acceptors (Lipinski definition) is 3. The number of nitrogens with one attached hydrogen (secondary N) is 1. The van der Waals surface area contributed by atoms with E-state index < -0.39 is 0 Å². The Hall–Kier alpha value is -0.770. The van der Waals surface area contributed by atoms with Crippen molar-refractivity contribution in [3.63, 3.8) is 0 Å². The smallest absolute Gasteiger partial charge is 0.156 e. The molecule has 0 spiro atoms. The molecule has 12 heavy (non-hydrogen) atoms. The van der Waals surface area contributed by atoms with Crippen LogP contribution in [-0.4, -0.2) is 23.1 Å². The van der Waals surface area contributed by atoms with E-state index in [9.17, 15) is 0 Å². The van der Waals surface area contributed by atoms with E-state index >= 15 is 0 Å². The van der Waals surface area contributed by atoms with E-state index in [4.69, 9.17) is 10.9 Å². The van der Waals surface area contributed by atoms with E-state index in [1.165, 1.54) is 0 Å². The average Bonchev–Trinajstić information content (AvgIpc) is 2.12. The van der Waals surface area contributed by atoms with E-state index in [0.717, 1.165) is 12.8 Å². The Bertz CT molecular complexity index is 143. The molecule has 1 unspecified atom stereocenters. The van der Waals surface area contributed by atoms with Crippen molar-refractivity contribution >= 4 is 5.84 Å². The van der Waals surface area contributed by atoms with Gasteiger partial charge in [0.25, 0.3) is 0 Å². The number of oxime groups is 1. The van der Waals surface area contributed by atoms with Crippen LogP contribution in [0.25, 0.3) is 0 Å². The molecule has 0 aliphatic rings. The third-order valence-electron chi connectivity index (χ3n) is 2.03. The summed E-state index contributed by atoms with van der Waals surface area (Å²) in [6, 6.07) is 0.389. The van der Waals surface area contributed by atoms with E-state index in [1.54, 1.807) is 0 Å². The molecule has 0 aromatic heterocycles. The van der Waals surface area contributed by atoms with Crippen molar-refractivity contribution in [3.8, 4) is 0 Å². The number of rotatable bonds is 5. The first-order valence-corrected chi connectivity index (χ1v) is 4.39. The van der Waals surface area contributed by atoms with Gasteiger partial charge in [-0.05, 0) is 19.8 Å². The quantitative estimate of drug-likeness (QED) is 0.250. The van der Waals surface area contributed by atoms with Gasteiger partial charge in [-0.15, -0.1) is 0 Å². The molecular weight excluding hydrogens is 154 g/mol. The molecular formula is C8H19N3O. The van der Waals surface area contributed by atoms with E-state index in [-0.39, 0.29) is 11.9 Å². The van der Waals surface area contributed by atoms with Crippen LogP contribution in [0.15, 0.2) is 5.16 Å². The van der Waals surface area contributed by atoms with Crippen molar-refractivity contribution < 1.29 is 5.21 Å². The van der Waals surface area contributed by atoms with Crippen molar-refractivity contribution in [3.05, 3.63) is 0 Å². The Balaban J connectivity index is 3.89. The van der Waals surface area contributed by atoms with Crippen molar-refractivity contribution in [1.29, 1.82) is 0 Å². The SMILES string of the molecule is CCC(CC)NC(C)C(N)=NO. The zero-order valence-corrected chi connectivity index (χ0v) is 8.04. The van der Waals surface area contributed by atoms with Crippen LogP contribution in [0.5, 0.6) is 0 Å². The summed E-state index contributed by atoms with van der Waals surface area (Å²) in [5.41, 5.74) is 5.41. The van der Waals surface area contributed by atoms with Gasteiger partial charge in [0.15, 0.2) is 5.84 Å². The van der Waals surface area contributed by atoms with Crippen molar-refractivity contribution in [2.24, 2.45) is 10.9 Å². The molecule has 0 bridgehead atoms. The Morgan fingerprint density at radius 3 is 2.33 bits per heavy atom. The lowest BCUT2D eigenvalue weighted by Gasteiger charge is -2.19. The highest BCUT2D eigenvalue weighted by molar-refractivity contribution is 5.84. The maximum Gasteiger partial charge on any atom is 0.156 e. The molecule has 72 valence electrons. The highest BCUT2D eigenvalue weighted by atomic mass is 16.4. The number of nitrogens with two attached hydrogens (primary N) is 1. The Morgan fingerprint density at radius 2 is 2.00 bits per heavy atom. The lowest BCUT2D eigenvalue weighted by atomic mass is 10.1. The lowest BCUT2D eigenvalue weighted by molar-refractivity contribution is 0.313. The molecule has 4 N–H and O–H groups in total. The van der Waals surface area contributed by atoms with Gasteiger partial charge in [-0.2, -0.15) is 0 Å². The van der Waals surface area contributed by atoms with E-state index in [2.05, 4.69) is 24.3 Å². The molecule has 4 nitrogen and oxygen atoms in total. The largest absolute Gasteiger partial charge is 0.409 e. The zero-order valence-electron chi connectivity index (χ0n) is 8.04. The second-order valence-electron chi connectivity index (χ2n) is 2.93. The minimum absolute atomic E-state index is 0.0556. The molecule has 0 fully saturated rings. The van der Waals surface area contributed by atoms with Crippen LogP contribution in [0, 0.1) is 0 Å². The van der Waals surface area contributed by atoms with Crippen molar-refractivity contribution in [2.75, 3.05) is 0 Å². The second-order valence-corrected chi connectivity index (χ2v) is 2.93. The van der Waals surface area contributed by atoms with Crippen molar-refractivity contribution in [2.45, 2.75) is 45.7 Å². The highest BCUT2D eigenvalue weighted by Crippen LogP contribution is 1.97. The second kappa shape index (κ2) is 5.83. The molecule has 4 heteroatoms. The first kappa shape index (κ1) is 11.2. The molecule has 0 rings (SSSR count). The molecule has 0 saturated carbocycles. The van der Waals surface area contributed by atoms with Crippen LogP contribution < -0.4 is 11.1 Å². The van der Waals surface area contributed by atoms with Gasteiger partial charge >= 0.3 is 0 Å². The van der Waals surface area contributed by atoms with E-state index in [0.29, 0.717) is 6.04 Å². The highest BCUT2D eigenvalue weighted by Gasteiger charge is 2.11. The molecule has 0 amide bonds. The molecule has 1 atom stereocenters. The third kappa shape index (κ3) is 3.57. The Morgan fingerprint density at radius 1 is 1.50 bits per heavy atom. The van der Waals surface area contributed by atoms with Crippen LogP contribution in [0.4, 0.5) is 0 Å². The van der Waals surface area contributed by atoms with Gasteiger partial charge < -0.3 is 16.3 Å². The number of nitrogens with zero attached hydrogens (tertiary/aromatic N) is 1. The molecule has 0 aromatic carbocycles. The number of hydrogen-bond donors (Lipinski definition) is 3. The first-order chi connectivity index (χ1) is 5.65. The molecule has 0 aliphatic heterocycles. The monoisotopic (exact) mass is 173 g/mol. The first-order valence-electron chi connectivity index (χ1n) is 4.39. The fraction of sp³-hybridized carbons (Fsp3) is 0.875. The minimum Gasteiger partial charge on any atom is -0.409 e. The predicted molar refractivity (Wildman–Crippen MR) is 50.4 cm³/mol. The summed E-state index contributed by atoms with van der Waals surface area (Å²) in [5, 5.41) is 14.6. The standard InChI is InChI=1S/C8H19N3O/c1-4-7(5-2)10-6(3)8(9)11-12/h6-7,10,12H,4-5H2,1-3H3,(H2,9,11). The summed E-state index contributed by atoms with van der Waals surface area (Å²) in [6.45, 7) is 6.10. The topological polar surface area (TPSA) is 70.6 Å². The summed E-state index contributed by atoms with van der Waals surface area (Å²) in [7, 11) is 0. The molecule has 0 radical (unpaired) electrons. The van der Waals surface area contributed by atoms with Crippen LogP contribution in [0.1, 0.15) is 33.6 Å². The number of amidine groups is 1. The fourth-order valence-electron chi connectivity index (χ4n) is 1.05. The average molecular weight is 173 g/mol. The molecule has 0 aromatic rings. The van der Waals surface area contributed by atoms with Crippen LogP contribution in [0.2, 0.25) is 0 Å². The summed E-state index contributed by atoms with van der Waals surface area (Å²) in [6.07, 6.45) is 2.11. The molecule has 0 saturated heterocycles. The van der Waals surface area contributed by atoms with Gasteiger partial charge in [-0.1, -0.05) is 19.0 Å². The molecule has 0 aliphatic carbocycles. The van der Waals surface area contributed by atoms with Gasteiger partial charge in [-0.3, -0.25) is 0 Å². The summed E-state index contributed by atoms with van der Waals surface area (Å²) < 4.78 is 0. The van der Waals surface area contributed by atoms with Gasteiger partial charge in [0, 0.05) is 6.04 Å². The fourth-order valence-corrected chi connectivity index (χ4v) is 1.05. The Labute approximate surface area is 73.8 Å². The van der Waals surface area contributed by atoms with Gasteiger partial charge in [-0.25, -0.2) is 0 Å². The molecule has 0 heterocycles. The Kier molecular flexibility index (Phi) is 5.45. The maximum absolute atomic E-state index is 8.39.